The van der Waals surface area contributed by atoms with Crippen molar-refractivity contribution < 1.29 is 18.3 Å². The second-order valence-electron chi connectivity index (χ2n) is 6.43. The van der Waals surface area contributed by atoms with Gasteiger partial charge in [-0.25, -0.2) is 4.99 Å². The van der Waals surface area contributed by atoms with Crippen LogP contribution in [-0.4, -0.2) is 24.0 Å². The smallest absolute Gasteiger partial charge is 0.285 e. The Morgan fingerprint density at radius 1 is 1.17 bits per heavy atom. The Balaban J connectivity index is 1.93. The maximum Gasteiger partial charge on any atom is 0.285 e. The van der Waals surface area contributed by atoms with E-state index in [1.54, 1.807) is 30.3 Å². The number of carbonyl (C=O) groups excluding carboxylic acids is 1. The number of aromatic hydroxyl groups is 1. The zero-order valence-electron chi connectivity index (χ0n) is 15.2. The molecule has 29 heavy (non-hydrogen) atoms. The minimum absolute atomic E-state index is 0.0434. The number of thiazole rings is 1. The Hall–Kier alpha value is -2.56. The van der Waals surface area contributed by atoms with Crippen LogP contribution in [0.25, 0.3) is 5.57 Å². The van der Waals surface area contributed by atoms with Gasteiger partial charge < -0.3 is 5.11 Å². The van der Waals surface area contributed by atoms with Gasteiger partial charge in [0.1, 0.15) is 4.88 Å². The molecule has 0 radical (unpaired) electrons. The molecule has 7 nitrogen and oxygen atoms in total. The summed E-state index contributed by atoms with van der Waals surface area (Å²) in [5.41, 5.74) is 1.14. The summed E-state index contributed by atoms with van der Waals surface area (Å²) in [6.45, 7) is 1.86. The fourth-order valence-electron chi connectivity index (χ4n) is 2.86. The molecule has 0 atom stereocenters. The number of aromatic nitrogens is 1. The second kappa shape index (κ2) is 7.05. The molecule has 1 aliphatic heterocycles. The minimum atomic E-state index is -3.98. The van der Waals surface area contributed by atoms with Crippen molar-refractivity contribution in [3.05, 3.63) is 72.8 Å². The maximum atomic E-state index is 12.7. The van der Waals surface area contributed by atoms with E-state index in [1.165, 1.54) is 23.7 Å². The van der Waals surface area contributed by atoms with Crippen LogP contribution < -0.4 is 15.4 Å². The highest BCUT2D eigenvalue weighted by Gasteiger charge is 2.25. The van der Waals surface area contributed by atoms with Crippen LogP contribution in [0, 0.1) is 6.92 Å². The van der Waals surface area contributed by atoms with Crippen LogP contribution in [0.1, 0.15) is 10.4 Å². The number of sulfonamides is 1. The molecule has 1 aliphatic rings. The fourth-order valence-corrected chi connectivity index (χ4v) is 5.51. The lowest BCUT2D eigenvalue weighted by molar-refractivity contribution is -0.112. The maximum absolute atomic E-state index is 12.7. The average molecular weight is 492 g/mol. The highest BCUT2D eigenvalue weighted by Crippen LogP contribution is 2.28. The van der Waals surface area contributed by atoms with E-state index >= 15 is 0 Å². The standard InChI is InChI=1S/C19H14BrN3O4S2/c1-10-3-6-12(7-4-10)29(26,27)22-19-23(2)18(25)16(28-19)15-13-9-11(20)5-8-14(13)21-17(15)24/h3-9,25H,1-2H3. The van der Waals surface area contributed by atoms with E-state index in [0.717, 1.165) is 21.4 Å². The van der Waals surface area contributed by atoms with Gasteiger partial charge in [0.25, 0.3) is 15.9 Å². The van der Waals surface area contributed by atoms with E-state index in [1.807, 2.05) is 6.92 Å². The SMILES string of the molecule is Cc1ccc(S(=O)(=O)N=c2sc(C3=c4cc(Br)ccc4=NC3=O)c(O)n2C)cc1. The molecule has 0 bridgehead atoms. The normalized spacial score (nSPS) is 14.2. The number of benzene rings is 2. The van der Waals surface area contributed by atoms with Gasteiger partial charge in [-0.2, -0.15) is 8.42 Å². The summed E-state index contributed by atoms with van der Waals surface area (Å²) in [4.78, 5) is 16.8. The van der Waals surface area contributed by atoms with Crippen LogP contribution in [0.3, 0.4) is 0 Å². The molecule has 148 valence electrons. The van der Waals surface area contributed by atoms with Gasteiger partial charge in [-0.1, -0.05) is 45.0 Å². The zero-order chi connectivity index (χ0) is 20.9. The van der Waals surface area contributed by atoms with E-state index in [4.69, 9.17) is 0 Å². The van der Waals surface area contributed by atoms with Crippen molar-refractivity contribution in [2.75, 3.05) is 0 Å². The van der Waals surface area contributed by atoms with Crippen molar-refractivity contribution in [3.8, 4) is 5.88 Å². The number of fused-ring (bicyclic) bond motifs is 1. The summed E-state index contributed by atoms with van der Waals surface area (Å²) in [5.74, 6) is -0.748. The van der Waals surface area contributed by atoms with Gasteiger partial charge in [0.05, 0.1) is 15.8 Å². The third-order valence-electron chi connectivity index (χ3n) is 4.41. The summed E-state index contributed by atoms with van der Waals surface area (Å²) < 4.78 is 31.2. The number of rotatable bonds is 3. The largest absolute Gasteiger partial charge is 0.493 e. The molecule has 1 N–H and O–H groups in total. The van der Waals surface area contributed by atoms with Gasteiger partial charge in [-0.3, -0.25) is 9.36 Å². The molecular weight excluding hydrogens is 478 g/mol. The second-order valence-corrected chi connectivity index (χ2v) is 9.93. The first kappa shape index (κ1) is 19.7. The predicted octanol–water partition coefficient (Wildman–Crippen LogP) is 1.51. The van der Waals surface area contributed by atoms with E-state index in [-0.39, 0.29) is 26.0 Å². The lowest BCUT2D eigenvalue weighted by Gasteiger charge is -1.99. The quantitative estimate of drug-likeness (QED) is 0.599. The minimum Gasteiger partial charge on any atom is -0.493 e. The number of amides is 1. The molecule has 4 rings (SSSR count). The van der Waals surface area contributed by atoms with Gasteiger partial charge >= 0.3 is 0 Å². The topological polar surface area (TPSA) is 101 Å². The highest BCUT2D eigenvalue weighted by atomic mass is 79.9. The summed E-state index contributed by atoms with van der Waals surface area (Å²) in [5, 5.41) is 11.6. The van der Waals surface area contributed by atoms with Crippen molar-refractivity contribution in [1.82, 2.24) is 4.57 Å². The summed E-state index contributed by atoms with van der Waals surface area (Å²) >= 11 is 4.28. The van der Waals surface area contributed by atoms with Gasteiger partial charge in [-0.15, -0.1) is 4.40 Å². The average Bonchev–Trinajstić information content (AvgIpc) is 3.12. The first-order chi connectivity index (χ1) is 13.7. The summed E-state index contributed by atoms with van der Waals surface area (Å²) in [7, 11) is -2.50. The lowest BCUT2D eigenvalue weighted by Crippen LogP contribution is -2.22. The molecule has 0 saturated carbocycles. The zero-order valence-corrected chi connectivity index (χ0v) is 18.5. The number of aryl methyl sites for hydroxylation is 1. The van der Waals surface area contributed by atoms with Crippen molar-refractivity contribution in [2.45, 2.75) is 11.8 Å². The van der Waals surface area contributed by atoms with Gasteiger partial charge in [0.2, 0.25) is 10.7 Å². The summed E-state index contributed by atoms with van der Waals surface area (Å²) in [6, 6.07) is 11.5. The Morgan fingerprint density at radius 3 is 2.55 bits per heavy atom. The predicted molar refractivity (Wildman–Crippen MR) is 111 cm³/mol. The molecule has 2 heterocycles. The van der Waals surface area contributed by atoms with Crippen LogP contribution in [0.15, 0.2) is 61.2 Å². The lowest BCUT2D eigenvalue weighted by atomic mass is 10.1. The Kier molecular flexibility index (Phi) is 4.80. The van der Waals surface area contributed by atoms with Crippen molar-refractivity contribution >= 4 is 48.8 Å². The molecule has 0 saturated heterocycles. The third-order valence-corrected chi connectivity index (χ3v) is 7.44. The number of hydrogen-bond donors (Lipinski definition) is 1. The van der Waals surface area contributed by atoms with Crippen molar-refractivity contribution in [2.24, 2.45) is 16.4 Å². The van der Waals surface area contributed by atoms with Crippen molar-refractivity contribution in [1.29, 1.82) is 0 Å². The first-order valence-corrected chi connectivity index (χ1v) is 11.4. The molecule has 2 aromatic carbocycles. The van der Waals surface area contributed by atoms with Gasteiger partial charge in [0.15, 0.2) is 0 Å². The van der Waals surface area contributed by atoms with E-state index in [2.05, 4.69) is 25.3 Å². The Labute approximate surface area is 178 Å². The Morgan fingerprint density at radius 2 is 1.86 bits per heavy atom. The molecule has 10 heteroatoms. The van der Waals surface area contributed by atoms with Crippen LogP contribution in [0.5, 0.6) is 5.88 Å². The Bertz CT molecular complexity index is 1470. The van der Waals surface area contributed by atoms with E-state index in [0.29, 0.717) is 10.6 Å². The summed E-state index contributed by atoms with van der Waals surface area (Å²) in [6.07, 6.45) is 0. The molecule has 3 aromatic rings. The molecule has 0 spiro atoms. The number of halogens is 1. The molecule has 1 amide bonds. The molecule has 1 aromatic heterocycles. The van der Waals surface area contributed by atoms with Crippen molar-refractivity contribution in [3.63, 3.8) is 0 Å². The van der Waals surface area contributed by atoms with Gasteiger partial charge in [0, 0.05) is 16.7 Å². The molecule has 0 aliphatic carbocycles. The van der Waals surface area contributed by atoms with Crippen LogP contribution in [0.4, 0.5) is 0 Å². The van der Waals surface area contributed by atoms with Crippen LogP contribution >= 0.6 is 27.3 Å². The molecule has 0 fully saturated rings. The van der Waals surface area contributed by atoms with Crippen LogP contribution in [-0.2, 0) is 21.9 Å². The van der Waals surface area contributed by atoms with Crippen LogP contribution in [0.2, 0.25) is 0 Å². The first-order valence-electron chi connectivity index (χ1n) is 8.37. The van der Waals surface area contributed by atoms with Gasteiger partial charge in [-0.05, 0) is 37.3 Å². The van der Waals surface area contributed by atoms with E-state index < -0.39 is 15.9 Å². The molecular formula is C19H14BrN3O4S2. The number of carbonyl (C=O) groups is 1. The fraction of sp³-hybridized carbons (Fsp3) is 0.105. The van der Waals surface area contributed by atoms with E-state index in [9.17, 15) is 18.3 Å². The monoisotopic (exact) mass is 491 g/mol. The number of hydrogen-bond acceptors (Lipinski definition) is 5. The molecule has 0 unspecified atom stereocenters. The number of nitrogens with zero attached hydrogens (tertiary/aromatic N) is 3. The highest BCUT2D eigenvalue weighted by molar-refractivity contribution is 9.10. The third kappa shape index (κ3) is 3.47.